The molecule has 0 saturated carbocycles. The molecule has 0 amide bonds. The zero-order chi connectivity index (χ0) is 22.6. The fraction of sp³-hybridized carbons (Fsp3) is 0.286. The van der Waals surface area contributed by atoms with E-state index in [1.54, 1.807) is 0 Å². The summed E-state index contributed by atoms with van der Waals surface area (Å²) in [6, 6.07) is 21.3. The van der Waals surface area contributed by atoms with E-state index in [2.05, 4.69) is 134 Å². The van der Waals surface area contributed by atoms with Gasteiger partial charge in [0.25, 0.3) is 0 Å². The van der Waals surface area contributed by atoms with Gasteiger partial charge in [0.05, 0.1) is 0 Å². The van der Waals surface area contributed by atoms with Crippen LogP contribution in [0, 0.1) is 0 Å². The van der Waals surface area contributed by atoms with Crippen molar-refractivity contribution in [3.63, 3.8) is 0 Å². The molecule has 0 atom stereocenters. The molecular weight excluding hydrogens is 512 g/mol. The van der Waals surface area contributed by atoms with Gasteiger partial charge in [-0.05, 0) is 33.7 Å². The second-order valence-electron chi connectivity index (χ2n) is 10.2. The standard InChI is InChI=1S/C28H28Br2O/c1-27(2,3)21-15-23(29)17-11-7-9-13-19(17)25(21)31-26-20-14-10-8-12-18(20)24(30)16-22(26)28(4,5)6/h7-16H,1-6H3. The Morgan fingerprint density at radius 3 is 1.19 bits per heavy atom. The summed E-state index contributed by atoms with van der Waals surface area (Å²) in [5, 5.41) is 4.55. The molecule has 0 aliphatic carbocycles. The molecule has 4 aromatic rings. The van der Waals surface area contributed by atoms with E-state index in [4.69, 9.17) is 4.74 Å². The minimum atomic E-state index is -0.0745. The van der Waals surface area contributed by atoms with E-state index in [0.29, 0.717) is 0 Å². The first-order valence-corrected chi connectivity index (χ1v) is 12.2. The summed E-state index contributed by atoms with van der Waals surface area (Å²) in [4.78, 5) is 0. The van der Waals surface area contributed by atoms with Crippen molar-refractivity contribution in [2.75, 3.05) is 0 Å². The lowest BCUT2D eigenvalue weighted by molar-refractivity contribution is 0.445. The van der Waals surface area contributed by atoms with Crippen LogP contribution in [-0.4, -0.2) is 0 Å². The van der Waals surface area contributed by atoms with Gasteiger partial charge in [-0.3, -0.25) is 0 Å². The van der Waals surface area contributed by atoms with Crippen LogP contribution in [0.5, 0.6) is 11.5 Å². The second kappa shape index (κ2) is 7.94. The monoisotopic (exact) mass is 538 g/mol. The quantitative estimate of drug-likeness (QED) is 0.246. The molecule has 0 saturated heterocycles. The molecule has 4 aromatic carbocycles. The molecule has 1 nitrogen and oxygen atoms in total. The fourth-order valence-electron chi connectivity index (χ4n) is 4.05. The predicted molar refractivity (Wildman–Crippen MR) is 141 cm³/mol. The highest BCUT2D eigenvalue weighted by Crippen LogP contribution is 2.47. The van der Waals surface area contributed by atoms with Crippen LogP contribution in [-0.2, 0) is 10.8 Å². The summed E-state index contributed by atoms with van der Waals surface area (Å²) in [7, 11) is 0. The number of benzene rings is 4. The Labute approximate surface area is 202 Å². The third-order valence-corrected chi connectivity index (χ3v) is 7.02. The average molecular weight is 540 g/mol. The van der Waals surface area contributed by atoms with Crippen LogP contribution in [0.15, 0.2) is 69.6 Å². The van der Waals surface area contributed by atoms with Gasteiger partial charge in [-0.2, -0.15) is 0 Å². The minimum Gasteiger partial charge on any atom is -0.455 e. The smallest absolute Gasteiger partial charge is 0.139 e. The molecule has 0 bridgehead atoms. The summed E-state index contributed by atoms with van der Waals surface area (Å²) in [6.07, 6.45) is 0. The first kappa shape index (κ1) is 22.4. The first-order valence-electron chi connectivity index (χ1n) is 10.6. The lowest BCUT2D eigenvalue weighted by atomic mass is 9.83. The zero-order valence-electron chi connectivity index (χ0n) is 18.9. The van der Waals surface area contributed by atoms with Crippen LogP contribution in [0.3, 0.4) is 0 Å². The van der Waals surface area contributed by atoms with Crippen molar-refractivity contribution in [1.82, 2.24) is 0 Å². The van der Waals surface area contributed by atoms with E-state index in [0.717, 1.165) is 42.0 Å². The molecule has 0 N–H and O–H groups in total. The van der Waals surface area contributed by atoms with Crippen LogP contribution >= 0.6 is 31.9 Å². The number of rotatable bonds is 2. The molecule has 0 radical (unpaired) electrons. The van der Waals surface area contributed by atoms with Gasteiger partial charge in [0.2, 0.25) is 0 Å². The number of ether oxygens (including phenoxy) is 1. The van der Waals surface area contributed by atoms with Gasteiger partial charge in [0.1, 0.15) is 11.5 Å². The summed E-state index contributed by atoms with van der Waals surface area (Å²) < 4.78 is 9.18. The Bertz CT molecular complexity index is 1190. The molecule has 3 heteroatoms. The van der Waals surface area contributed by atoms with Gasteiger partial charge in [0.15, 0.2) is 0 Å². The van der Waals surface area contributed by atoms with Gasteiger partial charge in [-0.25, -0.2) is 0 Å². The maximum Gasteiger partial charge on any atom is 0.139 e. The number of hydrogen-bond acceptors (Lipinski definition) is 1. The molecule has 0 unspecified atom stereocenters. The molecule has 160 valence electrons. The Morgan fingerprint density at radius 2 is 0.871 bits per heavy atom. The number of fused-ring (bicyclic) bond motifs is 2. The largest absolute Gasteiger partial charge is 0.455 e. The van der Waals surface area contributed by atoms with Crippen LogP contribution in [0.2, 0.25) is 0 Å². The summed E-state index contributed by atoms with van der Waals surface area (Å²) in [5.41, 5.74) is 2.22. The van der Waals surface area contributed by atoms with E-state index in [1.165, 1.54) is 11.1 Å². The summed E-state index contributed by atoms with van der Waals surface area (Å²) in [5.74, 6) is 1.87. The van der Waals surface area contributed by atoms with Crippen LogP contribution in [0.4, 0.5) is 0 Å². The van der Waals surface area contributed by atoms with E-state index in [-0.39, 0.29) is 10.8 Å². The predicted octanol–water partition coefficient (Wildman–Crippen LogP) is 9.91. The Kier molecular flexibility index (Phi) is 5.72. The summed E-state index contributed by atoms with van der Waals surface area (Å²) >= 11 is 7.59. The highest BCUT2D eigenvalue weighted by atomic mass is 79.9. The Balaban J connectivity index is 2.10. The van der Waals surface area contributed by atoms with Crippen LogP contribution in [0.25, 0.3) is 21.5 Å². The van der Waals surface area contributed by atoms with E-state index >= 15 is 0 Å². The molecule has 0 aromatic heterocycles. The highest BCUT2D eigenvalue weighted by molar-refractivity contribution is 9.11. The molecule has 0 heterocycles. The van der Waals surface area contributed by atoms with Gasteiger partial charge >= 0.3 is 0 Å². The first-order chi connectivity index (χ1) is 14.5. The van der Waals surface area contributed by atoms with Crippen LogP contribution < -0.4 is 4.74 Å². The highest BCUT2D eigenvalue weighted by Gasteiger charge is 2.27. The molecule has 4 rings (SSSR count). The van der Waals surface area contributed by atoms with Gasteiger partial charge in [-0.1, -0.05) is 122 Å². The van der Waals surface area contributed by atoms with E-state index in [1.807, 2.05) is 0 Å². The average Bonchev–Trinajstić information content (AvgIpc) is 2.70. The third kappa shape index (κ3) is 4.15. The van der Waals surface area contributed by atoms with Crippen molar-refractivity contribution in [2.45, 2.75) is 52.4 Å². The van der Waals surface area contributed by atoms with Crippen molar-refractivity contribution in [3.8, 4) is 11.5 Å². The molecule has 0 spiro atoms. The maximum absolute atomic E-state index is 6.99. The lowest BCUT2D eigenvalue weighted by Crippen LogP contribution is -2.15. The molecule has 0 aliphatic rings. The number of halogens is 2. The molecule has 31 heavy (non-hydrogen) atoms. The molecule has 0 fully saturated rings. The van der Waals surface area contributed by atoms with Crippen molar-refractivity contribution in [3.05, 3.63) is 80.7 Å². The van der Waals surface area contributed by atoms with Gasteiger partial charge in [-0.15, -0.1) is 0 Å². The third-order valence-electron chi connectivity index (χ3n) is 5.71. The Morgan fingerprint density at radius 1 is 0.548 bits per heavy atom. The SMILES string of the molecule is CC(C)(C)c1cc(Br)c2ccccc2c1Oc1c(C(C)(C)C)cc(Br)c2ccccc12. The van der Waals surface area contributed by atoms with Crippen molar-refractivity contribution >= 4 is 53.4 Å². The molecular formula is C28H28Br2O. The Hall–Kier alpha value is -1.84. The normalized spacial score (nSPS) is 12.5. The van der Waals surface area contributed by atoms with Gasteiger partial charge < -0.3 is 4.74 Å². The van der Waals surface area contributed by atoms with Crippen molar-refractivity contribution in [1.29, 1.82) is 0 Å². The summed E-state index contributed by atoms with van der Waals surface area (Å²) in [6.45, 7) is 13.4. The molecule has 0 aliphatic heterocycles. The van der Waals surface area contributed by atoms with Crippen LogP contribution in [0.1, 0.15) is 52.7 Å². The minimum absolute atomic E-state index is 0.0745. The zero-order valence-corrected chi connectivity index (χ0v) is 22.1. The van der Waals surface area contributed by atoms with Crippen molar-refractivity contribution in [2.24, 2.45) is 0 Å². The fourth-order valence-corrected chi connectivity index (χ4v) is 5.19. The lowest BCUT2D eigenvalue weighted by Gasteiger charge is -2.29. The van der Waals surface area contributed by atoms with E-state index in [9.17, 15) is 0 Å². The number of hydrogen-bond donors (Lipinski definition) is 0. The van der Waals surface area contributed by atoms with Gasteiger partial charge in [0, 0.05) is 30.8 Å². The van der Waals surface area contributed by atoms with E-state index < -0.39 is 0 Å². The van der Waals surface area contributed by atoms with Crippen molar-refractivity contribution < 1.29 is 4.74 Å². The maximum atomic E-state index is 6.99. The topological polar surface area (TPSA) is 9.23 Å². The second-order valence-corrected chi connectivity index (χ2v) is 11.9.